The van der Waals surface area contributed by atoms with Crippen molar-refractivity contribution in [3.8, 4) is 0 Å². The number of benzene rings is 1. The minimum atomic E-state index is -3.73. The Morgan fingerprint density at radius 2 is 1.84 bits per heavy atom. The zero-order chi connectivity index (χ0) is 18.4. The highest BCUT2D eigenvalue weighted by Gasteiger charge is 2.33. The van der Waals surface area contributed by atoms with Gasteiger partial charge in [-0.25, -0.2) is 18.5 Å². The van der Waals surface area contributed by atoms with Crippen molar-refractivity contribution in [3.05, 3.63) is 30.5 Å². The summed E-state index contributed by atoms with van der Waals surface area (Å²) < 4.78 is 22.6. The maximum Gasteiger partial charge on any atom is 0.249 e. The molecule has 0 saturated heterocycles. The fourth-order valence-corrected chi connectivity index (χ4v) is 3.04. The highest BCUT2D eigenvalue weighted by atomic mass is 32.2. The Bertz CT molecular complexity index is 929. The molecule has 0 radical (unpaired) electrons. The molecule has 2 heterocycles. The van der Waals surface area contributed by atoms with Crippen LogP contribution in [0.3, 0.4) is 0 Å². The lowest BCUT2D eigenvalue weighted by Gasteiger charge is -2.36. The summed E-state index contributed by atoms with van der Waals surface area (Å²) in [4.78, 5) is 24.2. The van der Waals surface area contributed by atoms with Crippen LogP contribution in [0.4, 0.5) is 23.1 Å². The number of rotatable bonds is 3. The van der Waals surface area contributed by atoms with Gasteiger partial charge < -0.3 is 15.1 Å². The maximum atomic E-state index is 12.1. The normalized spacial score (nSPS) is 17.4. The van der Waals surface area contributed by atoms with E-state index in [1.165, 1.54) is 17.0 Å². The van der Waals surface area contributed by atoms with Crippen LogP contribution in [-0.4, -0.2) is 44.4 Å². The molecule has 1 unspecified atom stereocenters. The van der Waals surface area contributed by atoms with Gasteiger partial charge in [0, 0.05) is 19.8 Å². The van der Waals surface area contributed by atoms with Crippen LogP contribution in [0.5, 0.6) is 0 Å². The van der Waals surface area contributed by atoms with E-state index < -0.39 is 10.0 Å². The van der Waals surface area contributed by atoms with Crippen molar-refractivity contribution in [2.24, 2.45) is 5.14 Å². The Balaban J connectivity index is 1.89. The lowest BCUT2D eigenvalue weighted by atomic mass is 10.2. The third-order valence-corrected chi connectivity index (χ3v) is 5.08. The Kier molecular flexibility index (Phi) is 4.09. The van der Waals surface area contributed by atoms with Gasteiger partial charge in [-0.2, -0.15) is 4.98 Å². The van der Waals surface area contributed by atoms with E-state index in [9.17, 15) is 13.2 Å². The van der Waals surface area contributed by atoms with E-state index in [1.54, 1.807) is 37.3 Å². The summed E-state index contributed by atoms with van der Waals surface area (Å²) in [6.07, 6.45) is 1.57. The molecule has 3 N–H and O–H groups in total. The molecule has 132 valence electrons. The van der Waals surface area contributed by atoms with E-state index in [1.807, 2.05) is 6.92 Å². The third kappa shape index (κ3) is 3.13. The van der Waals surface area contributed by atoms with Crippen LogP contribution in [0, 0.1) is 0 Å². The molecule has 0 aliphatic carbocycles. The number of hydrogen-bond acceptors (Lipinski definition) is 7. The predicted octanol–water partition coefficient (Wildman–Crippen LogP) is 0.669. The zero-order valence-electron chi connectivity index (χ0n) is 14.0. The van der Waals surface area contributed by atoms with Crippen molar-refractivity contribution >= 4 is 39.1 Å². The standard InChI is InChI=1S/C15H18N6O3S/c1-9-14(22)21(3)12-8-17-15(19-13(12)20(9)2)18-10-4-6-11(7-5-10)25(16,23)24/h4-9H,1-3H3,(H2,16,23,24)(H,17,18,19). The number of carbonyl (C=O) groups excluding carboxylic acids is 1. The Hall–Kier alpha value is -2.72. The van der Waals surface area contributed by atoms with Gasteiger partial charge in [-0.05, 0) is 31.2 Å². The molecule has 0 spiro atoms. The molecule has 1 atom stereocenters. The molecule has 1 aliphatic rings. The van der Waals surface area contributed by atoms with Crippen molar-refractivity contribution in [3.63, 3.8) is 0 Å². The van der Waals surface area contributed by atoms with Gasteiger partial charge in [0.2, 0.25) is 21.9 Å². The second kappa shape index (κ2) is 5.97. The van der Waals surface area contributed by atoms with E-state index >= 15 is 0 Å². The monoisotopic (exact) mass is 362 g/mol. The van der Waals surface area contributed by atoms with Crippen LogP contribution in [-0.2, 0) is 14.8 Å². The topological polar surface area (TPSA) is 122 Å². The first-order valence-electron chi connectivity index (χ1n) is 7.46. The summed E-state index contributed by atoms with van der Waals surface area (Å²) in [5.74, 6) is 0.940. The molecule has 3 rings (SSSR count). The van der Waals surface area contributed by atoms with Crippen molar-refractivity contribution in [1.82, 2.24) is 9.97 Å². The summed E-state index contributed by atoms with van der Waals surface area (Å²) in [5, 5.41) is 8.08. The van der Waals surface area contributed by atoms with Gasteiger partial charge in [0.05, 0.1) is 11.1 Å². The molecule has 1 aromatic heterocycles. The smallest absolute Gasteiger partial charge is 0.249 e. The molecule has 2 aromatic rings. The number of likely N-dealkylation sites (N-methyl/N-ethyl adjacent to an activating group) is 2. The van der Waals surface area contributed by atoms with Crippen LogP contribution in [0.2, 0.25) is 0 Å². The molecule has 9 nitrogen and oxygen atoms in total. The van der Waals surface area contributed by atoms with Gasteiger partial charge in [0.15, 0.2) is 5.82 Å². The quantitative estimate of drug-likeness (QED) is 0.823. The number of nitrogens with two attached hydrogens (primary N) is 1. The average Bonchev–Trinajstić information content (AvgIpc) is 2.57. The maximum absolute atomic E-state index is 12.1. The van der Waals surface area contributed by atoms with E-state index in [-0.39, 0.29) is 16.8 Å². The first-order chi connectivity index (χ1) is 11.7. The van der Waals surface area contributed by atoms with Gasteiger partial charge in [-0.3, -0.25) is 4.79 Å². The first-order valence-corrected chi connectivity index (χ1v) is 9.00. The van der Waals surface area contributed by atoms with E-state index in [4.69, 9.17) is 5.14 Å². The molecule has 0 bridgehead atoms. The number of primary sulfonamides is 1. The average molecular weight is 362 g/mol. The summed E-state index contributed by atoms with van der Waals surface area (Å²) in [7, 11) is -0.247. The minimum absolute atomic E-state index is 0.0260. The SMILES string of the molecule is CC1C(=O)N(C)c2cnc(Nc3ccc(S(N)(=O)=O)cc3)nc2N1C. The highest BCUT2D eigenvalue weighted by molar-refractivity contribution is 7.89. The molecule has 0 fully saturated rings. The van der Waals surface area contributed by atoms with E-state index in [2.05, 4.69) is 15.3 Å². The Morgan fingerprint density at radius 1 is 1.20 bits per heavy atom. The summed E-state index contributed by atoms with van der Waals surface area (Å²) in [5.41, 5.74) is 1.24. The largest absolute Gasteiger partial charge is 0.346 e. The van der Waals surface area contributed by atoms with Crippen molar-refractivity contribution in [1.29, 1.82) is 0 Å². The third-order valence-electron chi connectivity index (χ3n) is 4.15. The van der Waals surface area contributed by atoms with Crippen LogP contribution < -0.4 is 20.3 Å². The van der Waals surface area contributed by atoms with Gasteiger partial charge >= 0.3 is 0 Å². The number of hydrogen-bond donors (Lipinski definition) is 2. The number of carbonyl (C=O) groups is 1. The number of fused-ring (bicyclic) bond motifs is 1. The molecule has 1 amide bonds. The van der Waals surface area contributed by atoms with Gasteiger partial charge in [-0.15, -0.1) is 0 Å². The second-order valence-electron chi connectivity index (χ2n) is 5.78. The zero-order valence-corrected chi connectivity index (χ0v) is 14.8. The molecular formula is C15H18N6O3S. The molecule has 1 aromatic carbocycles. The van der Waals surface area contributed by atoms with Crippen LogP contribution >= 0.6 is 0 Å². The summed E-state index contributed by atoms with van der Waals surface area (Å²) >= 11 is 0. The van der Waals surface area contributed by atoms with Crippen molar-refractivity contribution < 1.29 is 13.2 Å². The number of sulfonamides is 1. The van der Waals surface area contributed by atoms with Crippen molar-refractivity contribution in [2.75, 3.05) is 29.2 Å². The van der Waals surface area contributed by atoms with E-state index in [0.717, 1.165) is 0 Å². The van der Waals surface area contributed by atoms with Crippen LogP contribution in [0.1, 0.15) is 6.92 Å². The van der Waals surface area contributed by atoms with Crippen LogP contribution in [0.25, 0.3) is 0 Å². The highest BCUT2D eigenvalue weighted by Crippen LogP contribution is 2.33. The number of nitrogens with zero attached hydrogens (tertiary/aromatic N) is 4. The fourth-order valence-electron chi connectivity index (χ4n) is 2.53. The van der Waals surface area contributed by atoms with Gasteiger partial charge in [-0.1, -0.05) is 0 Å². The lowest BCUT2D eigenvalue weighted by molar-refractivity contribution is -0.119. The number of aromatic nitrogens is 2. The second-order valence-corrected chi connectivity index (χ2v) is 7.34. The number of amides is 1. The Morgan fingerprint density at radius 3 is 2.44 bits per heavy atom. The number of nitrogens with one attached hydrogen (secondary N) is 1. The summed E-state index contributed by atoms with van der Waals surface area (Å²) in [6, 6.07) is 5.62. The molecule has 10 heteroatoms. The molecule has 1 aliphatic heterocycles. The van der Waals surface area contributed by atoms with Gasteiger partial charge in [0.25, 0.3) is 0 Å². The first kappa shape index (κ1) is 17.1. The summed E-state index contributed by atoms with van der Waals surface area (Å²) in [6.45, 7) is 1.81. The molecule has 0 saturated carbocycles. The minimum Gasteiger partial charge on any atom is -0.346 e. The lowest BCUT2D eigenvalue weighted by Crippen LogP contribution is -2.49. The van der Waals surface area contributed by atoms with E-state index in [0.29, 0.717) is 23.1 Å². The number of anilines is 4. The van der Waals surface area contributed by atoms with Gasteiger partial charge in [0.1, 0.15) is 11.7 Å². The Labute approximate surface area is 145 Å². The molecular weight excluding hydrogens is 344 g/mol. The fraction of sp³-hybridized carbons (Fsp3) is 0.267. The van der Waals surface area contributed by atoms with Crippen LogP contribution in [0.15, 0.2) is 35.4 Å². The van der Waals surface area contributed by atoms with Crippen molar-refractivity contribution in [2.45, 2.75) is 17.9 Å². The predicted molar refractivity (Wildman–Crippen MR) is 94.4 cm³/mol. The molecule has 25 heavy (non-hydrogen) atoms.